The predicted octanol–water partition coefficient (Wildman–Crippen LogP) is 11.9. The number of benzene rings is 2. The molecule has 2 aliphatic carbocycles. The average Bonchev–Trinajstić information content (AvgIpc) is 3.27. The first-order valence-corrected chi connectivity index (χ1v) is 23.1. The van der Waals surface area contributed by atoms with Gasteiger partial charge in [0.15, 0.2) is 0 Å². The molecule has 7 heteroatoms. The van der Waals surface area contributed by atoms with Gasteiger partial charge < -0.3 is 24.4 Å². The Morgan fingerprint density at radius 2 is 1.38 bits per heavy atom. The molecule has 2 N–H and O–H groups in total. The van der Waals surface area contributed by atoms with E-state index < -0.39 is 17.4 Å². The summed E-state index contributed by atoms with van der Waals surface area (Å²) >= 11 is 0. The zero-order chi connectivity index (χ0) is 43.5. The minimum atomic E-state index is -0.625. The van der Waals surface area contributed by atoms with Crippen molar-refractivity contribution in [3.63, 3.8) is 0 Å². The van der Waals surface area contributed by atoms with Crippen LogP contribution in [-0.2, 0) is 38.3 Å². The molecular formula is C53H76O7. The third kappa shape index (κ3) is 14.3. The first kappa shape index (κ1) is 48.7. The predicted molar refractivity (Wildman–Crippen MR) is 245 cm³/mol. The van der Waals surface area contributed by atoms with E-state index in [2.05, 4.69) is 82.5 Å². The Hall–Kier alpha value is -3.94. The molecule has 4 rings (SSSR count). The molecule has 1 unspecified atom stereocenters. The first-order valence-electron chi connectivity index (χ1n) is 23.1. The number of hydrogen-bond acceptors (Lipinski definition) is 7. The van der Waals surface area contributed by atoms with Crippen LogP contribution in [0.3, 0.4) is 0 Å². The molecule has 0 aliphatic heterocycles. The van der Waals surface area contributed by atoms with E-state index in [1.165, 1.54) is 67.2 Å². The highest BCUT2D eigenvalue weighted by Gasteiger charge is 2.29. The summed E-state index contributed by atoms with van der Waals surface area (Å²) in [5.74, 6) is 1.92. The molecule has 1 fully saturated rings. The second-order valence-corrected chi connectivity index (χ2v) is 17.7. The summed E-state index contributed by atoms with van der Waals surface area (Å²) in [6.07, 6.45) is 24.2. The van der Waals surface area contributed by atoms with Crippen LogP contribution in [0.4, 0.5) is 0 Å². The van der Waals surface area contributed by atoms with E-state index in [1.807, 2.05) is 0 Å². The molecule has 0 aromatic heterocycles. The van der Waals surface area contributed by atoms with Crippen molar-refractivity contribution < 1.29 is 34.0 Å². The summed E-state index contributed by atoms with van der Waals surface area (Å²) in [5, 5.41) is 20.7. The van der Waals surface area contributed by atoms with Gasteiger partial charge in [0.1, 0.15) is 5.75 Å². The highest BCUT2D eigenvalue weighted by atomic mass is 16.5. The molecular weight excluding hydrogens is 749 g/mol. The fourth-order valence-electron chi connectivity index (χ4n) is 8.86. The van der Waals surface area contributed by atoms with E-state index in [0.29, 0.717) is 68.1 Å². The van der Waals surface area contributed by atoms with Crippen molar-refractivity contribution in [2.75, 3.05) is 33.0 Å². The van der Waals surface area contributed by atoms with Gasteiger partial charge in [0.05, 0.1) is 33.0 Å². The van der Waals surface area contributed by atoms with Crippen LogP contribution < -0.4 is 4.74 Å². The van der Waals surface area contributed by atoms with Crippen molar-refractivity contribution in [1.29, 1.82) is 0 Å². The van der Waals surface area contributed by atoms with E-state index in [-0.39, 0.29) is 26.4 Å². The number of aliphatic hydroxyl groups is 2. The first-order chi connectivity index (χ1) is 29.0. The third-order valence-corrected chi connectivity index (χ3v) is 12.9. The van der Waals surface area contributed by atoms with Crippen LogP contribution in [0.15, 0.2) is 78.4 Å². The number of allylic oxidation sites excluding steroid dienone is 4. The number of unbranched alkanes of at least 4 members (excludes halogenated alkanes) is 2. The number of aliphatic hydroxyl groups excluding tert-OH is 2. The Bertz CT molecular complexity index is 1720. The number of carbonyl (C=O) groups is 2. The topological polar surface area (TPSA) is 102 Å². The van der Waals surface area contributed by atoms with Crippen LogP contribution in [0, 0.1) is 17.3 Å². The van der Waals surface area contributed by atoms with Gasteiger partial charge in [-0.1, -0.05) is 102 Å². The Morgan fingerprint density at radius 1 is 0.767 bits per heavy atom. The molecule has 330 valence electrons. The highest BCUT2D eigenvalue weighted by Crippen LogP contribution is 2.41. The Balaban J connectivity index is 1.63. The van der Waals surface area contributed by atoms with Gasteiger partial charge in [0, 0.05) is 22.5 Å². The smallest absolute Gasteiger partial charge is 0.333 e. The molecule has 0 saturated heterocycles. The van der Waals surface area contributed by atoms with E-state index >= 15 is 0 Å². The van der Waals surface area contributed by atoms with Gasteiger partial charge in [-0.2, -0.15) is 0 Å². The summed E-state index contributed by atoms with van der Waals surface area (Å²) < 4.78 is 17.7. The molecule has 0 spiro atoms. The fourth-order valence-corrected chi connectivity index (χ4v) is 8.86. The van der Waals surface area contributed by atoms with Gasteiger partial charge in [-0.15, -0.1) is 0 Å². The second-order valence-electron chi connectivity index (χ2n) is 17.7. The minimum absolute atomic E-state index is 0.113. The van der Waals surface area contributed by atoms with Gasteiger partial charge in [-0.3, -0.25) is 0 Å². The number of hydrogen-bond donors (Lipinski definition) is 2. The molecule has 1 saturated carbocycles. The van der Waals surface area contributed by atoms with Crippen molar-refractivity contribution in [1.82, 2.24) is 0 Å². The lowest BCUT2D eigenvalue weighted by molar-refractivity contribution is -0.139. The quantitative estimate of drug-likeness (QED) is 0.0553. The normalized spacial score (nSPS) is 17.9. The van der Waals surface area contributed by atoms with Crippen LogP contribution in [0.2, 0.25) is 0 Å². The number of rotatable bonds is 26. The molecule has 7 nitrogen and oxygen atoms in total. The van der Waals surface area contributed by atoms with Crippen molar-refractivity contribution in [3.05, 3.63) is 101 Å². The van der Waals surface area contributed by atoms with Crippen molar-refractivity contribution in [2.24, 2.45) is 17.3 Å². The lowest BCUT2D eigenvalue weighted by Crippen LogP contribution is -2.32. The zero-order valence-corrected chi connectivity index (χ0v) is 37.8. The van der Waals surface area contributed by atoms with Crippen LogP contribution in [0.5, 0.6) is 5.75 Å². The molecule has 0 radical (unpaired) electrons. The van der Waals surface area contributed by atoms with Crippen LogP contribution in [0.1, 0.15) is 153 Å². The fraction of sp³-hybridized carbons (Fsp3) is 0.585. The summed E-state index contributed by atoms with van der Waals surface area (Å²) in [4.78, 5) is 24.4. The van der Waals surface area contributed by atoms with Gasteiger partial charge in [-0.25, -0.2) is 9.59 Å². The number of ether oxygens (including phenoxy) is 3. The molecule has 60 heavy (non-hydrogen) atoms. The maximum atomic E-state index is 12.2. The SMILES string of the molecule is C=C(C)C(=O)OCCCc1cc(-c2ccc(C3C=CC(C4CCC(CCCC)CC4)=CC3)cc2CC)cc(CCCOC(=O)C(=C)C)c1OCCC(CO)(CO)CCCC. The van der Waals surface area contributed by atoms with E-state index in [0.717, 1.165) is 54.0 Å². The minimum Gasteiger partial charge on any atom is -0.493 e. The molecule has 2 aromatic rings. The molecule has 0 bridgehead atoms. The highest BCUT2D eigenvalue weighted by molar-refractivity contribution is 5.87. The number of aryl methyl sites for hydroxylation is 3. The zero-order valence-electron chi connectivity index (χ0n) is 37.8. The van der Waals surface area contributed by atoms with Crippen molar-refractivity contribution in [2.45, 2.75) is 150 Å². The third-order valence-electron chi connectivity index (χ3n) is 12.9. The summed E-state index contributed by atoms with van der Waals surface area (Å²) in [7, 11) is 0. The average molecular weight is 825 g/mol. The van der Waals surface area contributed by atoms with E-state index in [9.17, 15) is 19.8 Å². The Kier molecular flexibility index (Phi) is 20.4. The summed E-state index contributed by atoms with van der Waals surface area (Å²) in [6.45, 7) is 17.9. The second kappa shape index (κ2) is 25.1. The van der Waals surface area contributed by atoms with Crippen LogP contribution in [0.25, 0.3) is 11.1 Å². The maximum absolute atomic E-state index is 12.2. The summed E-state index contributed by atoms with van der Waals surface area (Å²) in [6, 6.07) is 11.4. The lowest BCUT2D eigenvalue weighted by Gasteiger charge is -2.31. The summed E-state index contributed by atoms with van der Waals surface area (Å²) in [5.41, 5.74) is 8.53. The van der Waals surface area contributed by atoms with Gasteiger partial charge in [-0.05, 0) is 154 Å². The molecule has 1 atom stereocenters. The van der Waals surface area contributed by atoms with Crippen molar-refractivity contribution in [3.8, 4) is 16.9 Å². The monoisotopic (exact) mass is 825 g/mol. The van der Waals surface area contributed by atoms with Gasteiger partial charge >= 0.3 is 11.9 Å². The number of carbonyl (C=O) groups excluding carboxylic acids is 2. The standard InChI is InChI=1S/C53H76O7/c1-8-11-15-40-18-20-42(21-19-40)43-22-24-44(25-23-43)45-26-27-49(41(10-3)33-45)48-34-46(16-13-30-59-51(56)38(4)5)50(47(35-48)17-14-31-60-52(57)39(6)7)58-32-29-53(36-54,37-55)28-12-9-2/h22-24,26-27,33-35,40,42,44,54-55H,4,6,8-21,25,28-32,36-37H2,1-3,5,7H3. The van der Waals surface area contributed by atoms with Gasteiger partial charge in [0.25, 0.3) is 0 Å². The largest absolute Gasteiger partial charge is 0.493 e. The van der Waals surface area contributed by atoms with Crippen LogP contribution >= 0.6 is 0 Å². The Morgan fingerprint density at radius 3 is 1.90 bits per heavy atom. The molecule has 0 amide bonds. The molecule has 2 aromatic carbocycles. The lowest BCUT2D eigenvalue weighted by atomic mass is 9.75. The van der Waals surface area contributed by atoms with Gasteiger partial charge in [0.2, 0.25) is 0 Å². The Labute approximate surface area is 362 Å². The van der Waals surface area contributed by atoms with E-state index in [4.69, 9.17) is 14.2 Å². The molecule has 2 aliphatic rings. The van der Waals surface area contributed by atoms with Crippen LogP contribution in [-0.4, -0.2) is 55.2 Å². The maximum Gasteiger partial charge on any atom is 0.333 e. The van der Waals surface area contributed by atoms with Crippen molar-refractivity contribution >= 4 is 11.9 Å². The van der Waals surface area contributed by atoms with E-state index in [1.54, 1.807) is 13.8 Å². The molecule has 0 heterocycles. The number of esters is 2.